The molecule has 0 aliphatic carbocycles. The van der Waals surface area contributed by atoms with Crippen molar-refractivity contribution in [1.82, 2.24) is 4.72 Å². The van der Waals surface area contributed by atoms with Crippen molar-refractivity contribution in [3.63, 3.8) is 0 Å². The fourth-order valence-corrected chi connectivity index (χ4v) is 3.87. The van der Waals surface area contributed by atoms with E-state index in [4.69, 9.17) is 16.3 Å². The standard InChI is InChI=1S/C14H18ClNO5S/c1-20-14(17)11-4-5-12(15)13(7-11)22(18,19)16-8-10-3-2-6-21-9-10/h4-5,7,10,16H,2-3,6,8-9H2,1H3. The van der Waals surface area contributed by atoms with Crippen molar-refractivity contribution in [2.24, 2.45) is 5.92 Å². The molecule has 8 heteroatoms. The van der Waals surface area contributed by atoms with Crippen LogP contribution in [0.25, 0.3) is 0 Å². The van der Waals surface area contributed by atoms with Gasteiger partial charge < -0.3 is 9.47 Å². The molecular formula is C14H18ClNO5S. The summed E-state index contributed by atoms with van der Waals surface area (Å²) in [6, 6.07) is 4.00. The van der Waals surface area contributed by atoms with Gasteiger partial charge in [0.2, 0.25) is 10.0 Å². The number of hydrogen-bond donors (Lipinski definition) is 1. The average molecular weight is 348 g/mol. The minimum atomic E-state index is -3.80. The normalized spacial score (nSPS) is 18.9. The zero-order chi connectivity index (χ0) is 16.2. The number of sulfonamides is 1. The van der Waals surface area contributed by atoms with Crippen LogP contribution in [0.2, 0.25) is 5.02 Å². The molecule has 0 saturated carbocycles. The highest BCUT2D eigenvalue weighted by molar-refractivity contribution is 7.89. The molecule has 1 atom stereocenters. The van der Waals surface area contributed by atoms with Crippen LogP contribution in [0.4, 0.5) is 0 Å². The van der Waals surface area contributed by atoms with Gasteiger partial charge in [-0.25, -0.2) is 17.9 Å². The highest BCUT2D eigenvalue weighted by Crippen LogP contribution is 2.23. The topological polar surface area (TPSA) is 81.7 Å². The van der Waals surface area contributed by atoms with Gasteiger partial charge >= 0.3 is 5.97 Å². The first-order chi connectivity index (χ1) is 10.4. The molecule has 22 heavy (non-hydrogen) atoms. The van der Waals surface area contributed by atoms with Crippen molar-refractivity contribution in [3.05, 3.63) is 28.8 Å². The number of carbonyl (C=O) groups is 1. The average Bonchev–Trinajstić information content (AvgIpc) is 2.53. The van der Waals surface area contributed by atoms with Crippen molar-refractivity contribution < 1.29 is 22.7 Å². The molecule has 122 valence electrons. The van der Waals surface area contributed by atoms with E-state index in [2.05, 4.69) is 9.46 Å². The van der Waals surface area contributed by atoms with Gasteiger partial charge in [0.15, 0.2) is 0 Å². The highest BCUT2D eigenvalue weighted by Gasteiger charge is 2.22. The van der Waals surface area contributed by atoms with Gasteiger partial charge in [-0.05, 0) is 37.0 Å². The van der Waals surface area contributed by atoms with Gasteiger partial charge in [-0.3, -0.25) is 0 Å². The van der Waals surface area contributed by atoms with Crippen LogP contribution >= 0.6 is 11.6 Å². The fraction of sp³-hybridized carbons (Fsp3) is 0.500. The van der Waals surface area contributed by atoms with Crippen molar-refractivity contribution in [2.75, 3.05) is 26.9 Å². The summed E-state index contributed by atoms with van der Waals surface area (Å²) < 4.78 is 37.2. The van der Waals surface area contributed by atoms with Gasteiger partial charge in [0.1, 0.15) is 4.90 Å². The summed E-state index contributed by atoms with van der Waals surface area (Å²) in [7, 11) is -2.57. The van der Waals surface area contributed by atoms with E-state index in [1.807, 2.05) is 0 Å². The summed E-state index contributed by atoms with van der Waals surface area (Å²) in [4.78, 5) is 11.4. The SMILES string of the molecule is COC(=O)c1ccc(Cl)c(S(=O)(=O)NCC2CCCOC2)c1. The molecule has 1 fully saturated rings. The van der Waals surface area contributed by atoms with Gasteiger partial charge in [-0.1, -0.05) is 11.6 Å². The van der Waals surface area contributed by atoms with Crippen molar-refractivity contribution in [1.29, 1.82) is 0 Å². The summed E-state index contributed by atoms with van der Waals surface area (Å²) in [6.45, 7) is 1.54. The fourth-order valence-electron chi connectivity index (χ4n) is 2.23. The largest absolute Gasteiger partial charge is 0.465 e. The van der Waals surface area contributed by atoms with Crippen molar-refractivity contribution in [2.45, 2.75) is 17.7 Å². The van der Waals surface area contributed by atoms with E-state index in [0.29, 0.717) is 6.61 Å². The quantitative estimate of drug-likeness (QED) is 0.822. The van der Waals surface area contributed by atoms with E-state index in [-0.39, 0.29) is 27.9 Å². The van der Waals surface area contributed by atoms with Gasteiger partial charge in [0.25, 0.3) is 0 Å². The molecule has 1 heterocycles. The number of benzene rings is 1. The zero-order valence-corrected chi connectivity index (χ0v) is 13.7. The zero-order valence-electron chi connectivity index (χ0n) is 12.2. The van der Waals surface area contributed by atoms with Crippen LogP contribution in [0.1, 0.15) is 23.2 Å². The van der Waals surface area contributed by atoms with Crippen molar-refractivity contribution >= 4 is 27.6 Å². The lowest BCUT2D eigenvalue weighted by atomic mass is 10.0. The summed E-state index contributed by atoms with van der Waals surface area (Å²) in [5.41, 5.74) is 0.133. The summed E-state index contributed by atoms with van der Waals surface area (Å²) in [6.07, 6.45) is 1.84. The first-order valence-electron chi connectivity index (χ1n) is 6.89. The number of rotatable bonds is 5. The number of esters is 1. The molecule has 1 aliphatic rings. The molecule has 0 aromatic heterocycles. The van der Waals surface area contributed by atoms with Crippen LogP contribution in [0, 0.1) is 5.92 Å². The lowest BCUT2D eigenvalue weighted by molar-refractivity contribution is 0.0568. The van der Waals surface area contributed by atoms with Crippen LogP contribution < -0.4 is 4.72 Å². The molecule has 1 unspecified atom stereocenters. The minimum absolute atomic E-state index is 0.0556. The van der Waals surface area contributed by atoms with E-state index >= 15 is 0 Å². The maximum Gasteiger partial charge on any atom is 0.337 e. The van der Waals surface area contributed by atoms with Gasteiger partial charge in [-0.2, -0.15) is 0 Å². The number of halogens is 1. The van der Waals surface area contributed by atoms with Crippen LogP contribution in [0.3, 0.4) is 0 Å². The number of methoxy groups -OCH3 is 1. The summed E-state index contributed by atoms with van der Waals surface area (Å²) in [5, 5.41) is 0.0556. The molecule has 0 spiro atoms. The maximum absolute atomic E-state index is 12.4. The van der Waals surface area contributed by atoms with E-state index in [1.165, 1.54) is 25.3 Å². The maximum atomic E-state index is 12.4. The molecule has 0 amide bonds. The Morgan fingerprint density at radius 2 is 2.27 bits per heavy atom. The Morgan fingerprint density at radius 3 is 2.91 bits per heavy atom. The lowest BCUT2D eigenvalue weighted by Crippen LogP contribution is -2.33. The molecule has 0 radical (unpaired) electrons. The monoisotopic (exact) mass is 347 g/mol. The van der Waals surface area contributed by atoms with E-state index in [9.17, 15) is 13.2 Å². The Bertz CT molecular complexity index is 641. The first-order valence-corrected chi connectivity index (χ1v) is 8.75. The molecule has 1 aromatic carbocycles. The van der Waals surface area contributed by atoms with Gasteiger partial charge in [-0.15, -0.1) is 0 Å². The molecule has 2 rings (SSSR count). The Balaban J connectivity index is 2.15. The molecule has 0 bridgehead atoms. The van der Waals surface area contributed by atoms with E-state index in [0.717, 1.165) is 19.4 Å². The van der Waals surface area contributed by atoms with E-state index < -0.39 is 16.0 Å². The summed E-state index contributed by atoms with van der Waals surface area (Å²) >= 11 is 5.95. The Morgan fingerprint density at radius 1 is 1.50 bits per heavy atom. The van der Waals surface area contributed by atoms with Crippen molar-refractivity contribution in [3.8, 4) is 0 Å². The Kier molecular flexibility index (Phi) is 5.80. The minimum Gasteiger partial charge on any atom is -0.465 e. The number of ether oxygens (including phenoxy) is 2. The smallest absolute Gasteiger partial charge is 0.337 e. The third-order valence-electron chi connectivity index (χ3n) is 3.46. The Labute approximate surface area is 134 Å². The molecule has 6 nitrogen and oxygen atoms in total. The van der Waals surface area contributed by atoms with Crippen LogP contribution in [0.5, 0.6) is 0 Å². The number of carbonyl (C=O) groups excluding carboxylic acids is 1. The predicted octanol–water partition coefficient (Wildman–Crippen LogP) is 1.83. The van der Waals surface area contributed by atoms with Gasteiger partial charge in [0.05, 0.1) is 24.3 Å². The summed E-state index contributed by atoms with van der Waals surface area (Å²) in [5.74, 6) is -0.472. The van der Waals surface area contributed by atoms with Crippen LogP contribution in [0.15, 0.2) is 23.1 Å². The Hall–Kier alpha value is -1.15. The molecule has 1 saturated heterocycles. The molecular weight excluding hydrogens is 330 g/mol. The molecule has 1 N–H and O–H groups in total. The third kappa shape index (κ3) is 4.19. The van der Waals surface area contributed by atoms with E-state index in [1.54, 1.807) is 0 Å². The van der Waals surface area contributed by atoms with Gasteiger partial charge in [0, 0.05) is 13.2 Å². The lowest BCUT2D eigenvalue weighted by Gasteiger charge is -2.22. The highest BCUT2D eigenvalue weighted by atomic mass is 35.5. The number of nitrogens with one attached hydrogen (secondary N) is 1. The number of hydrogen-bond acceptors (Lipinski definition) is 5. The first kappa shape index (κ1) is 17.2. The molecule has 1 aromatic rings. The molecule has 1 aliphatic heterocycles. The second kappa shape index (κ2) is 7.41. The third-order valence-corrected chi connectivity index (χ3v) is 5.36. The predicted molar refractivity (Wildman–Crippen MR) is 81.5 cm³/mol. The van der Waals surface area contributed by atoms with Crippen LogP contribution in [-0.4, -0.2) is 41.3 Å². The second-order valence-electron chi connectivity index (χ2n) is 5.07. The second-order valence-corrected chi connectivity index (χ2v) is 7.21. The van der Waals surface area contributed by atoms with Crippen LogP contribution in [-0.2, 0) is 19.5 Å².